The quantitative estimate of drug-likeness (QED) is 0.874. The lowest BCUT2D eigenvalue weighted by Gasteiger charge is -2.06. The van der Waals surface area contributed by atoms with Crippen LogP contribution in [0.4, 0.5) is 5.82 Å². The lowest BCUT2D eigenvalue weighted by molar-refractivity contribution is 0.178. The van der Waals surface area contributed by atoms with Gasteiger partial charge in [0.1, 0.15) is 18.2 Å². The Balaban J connectivity index is 2.42. The average molecular weight is 246 g/mol. The molecule has 0 aromatic carbocycles. The molecule has 2 rings (SSSR count). The van der Waals surface area contributed by atoms with E-state index in [0.717, 1.165) is 5.56 Å². The van der Waals surface area contributed by atoms with E-state index in [0.29, 0.717) is 29.7 Å². The summed E-state index contributed by atoms with van der Waals surface area (Å²) in [6, 6.07) is 3.53. The predicted molar refractivity (Wildman–Crippen MR) is 66.9 cm³/mol. The van der Waals surface area contributed by atoms with Crippen LogP contribution in [0.25, 0.3) is 11.3 Å². The van der Waals surface area contributed by atoms with Crippen molar-refractivity contribution in [1.29, 1.82) is 0 Å². The SMILES string of the molecule is COCc1nc(N)cc(-c2cncc(OC)c2)n1. The minimum atomic E-state index is 0.315. The summed E-state index contributed by atoms with van der Waals surface area (Å²) in [7, 11) is 3.17. The standard InChI is InChI=1S/C12H14N4O2/c1-17-7-12-15-10(4-11(13)16-12)8-3-9(18-2)6-14-5-8/h3-6H,7H2,1-2H3,(H2,13,15,16). The summed E-state index contributed by atoms with van der Waals surface area (Å²) in [5.41, 5.74) is 7.25. The van der Waals surface area contributed by atoms with Gasteiger partial charge in [0.15, 0.2) is 5.82 Å². The predicted octanol–water partition coefficient (Wildman–Crippen LogP) is 1.28. The Labute approximate surface area is 105 Å². The first kappa shape index (κ1) is 12.3. The molecular weight excluding hydrogens is 232 g/mol. The van der Waals surface area contributed by atoms with Crippen LogP contribution >= 0.6 is 0 Å². The zero-order valence-electron chi connectivity index (χ0n) is 10.3. The van der Waals surface area contributed by atoms with E-state index in [9.17, 15) is 0 Å². The largest absolute Gasteiger partial charge is 0.495 e. The molecule has 2 N–H and O–H groups in total. The fourth-order valence-corrected chi connectivity index (χ4v) is 1.53. The summed E-state index contributed by atoms with van der Waals surface area (Å²) in [6.07, 6.45) is 3.32. The van der Waals surface area contributed by atoms with Gasteiger partial charge in [-0.15, -0.1) is 0 Å². The Hall–Kier alpha value is -2.21. The normalized spacial score (nSPS) is 10.3. The molecule has 0 unspecified atom stereocenters. The summed E-state index contributed by atoms with van der Waals surface area (Å²) in [5, 5.41) is 0. The van der Waals surface area contributed by atoms with Gasteiger partial charge in [-0.05, 0) is 6.07 Å². The highest BCUT2D eigenvalue weighted by atomic mass is 16.5. The molecule has 6 heteroatoms. The fraction of sp³-hybridized carbons (Fsp3) is 0.250. The third-order valence-corrected chi connectivity index (χ3v) is 2.31. The third kappa shape index (κ3) is 2.72. The zero-order valence-corrected chi connectivity index (χ0v) is 10.3. The molecule has 0 spiro atoms. The highest BCUT2D eigenvalue weighted by Crippen LogP contribution is 2.22. The van der Waals surface area contributed by atoms with Crippen molar-refractivity contribution in [2.75, 3.05) is 20.0 Å². The van der Waals surface area contributed by atoms with Crippen molar-refractivity contribution in [1.82, 2.24) is 15.0 Å². The molecule has 0 saturated carbocycles. The maximum absolute atomic E-state index is 5.74. The molecule has 0 aliphatic carbocycles. The Bertz CT molecular complexity index is 545. The Morgan fingerprint density at radius 3 is 2.72 bits per heavy atom. The van der Waals surface area contributed by atoms with Crippen LogP contribution < -0.4 is 10.5 Å². The number of nitrogen functional groups attached to an aromatic ring is 1. The van der Waals surface area contributed by atoms with E-state index in [1.165, 1.54) is 0 Å². The van der Waals surface area contributed by atoms with Crippen molar-refractivity contribution in [2.24, 2.45) is 0 Å². The van der Waals surface area contributed by atoms with Gasteiger partial charge >= 0.3 is 0 Å². The first-order valence-corrected chi connectivity index (χ1v) is 5.34. The van der Waals surface area contributed by atoms with Crippen molar-refractivity contribution < 1.29 is 9.47 Å². The van der Waals surface area contributed by atoms with E-state index < -0.39 is 0 Å². The molecule has 2 aromatic rings. The van der Waals surface area contributed by atoms with Crippen molar-refractivity contribution in [3.63, 3.8) is 0 Å². The van der Waals surface area contributed by atoms with Gasteiger partial charge in [0.2, 0.25) is 0 Å². The maximum Gasteiger partial charge on any atom is 0.157 e. The molecule has 0 radical (unpaired) electrons. The molecule has 0 amide bonds. The van der Waals surface area contributed by atoms with Gasteiger partial charge in [-0.3, -0.25) is 4.98 Å². The number of pyridine rings is 1. The Kier molecular flexibility index (Phi) is 3.69. The summed E-state index contributed by atoms with van der Waals surface area (Å²) in [5.74, 6) is 1.60. The number of nitrogens with zero attached hydrogens (tertiary/aromatic N) is 3. The highest BCUT2D eigenvalue weighted by Gasteiger charge is 2.06. The number of ether oxygens (including phenoxy) is 2. The summed E-state index contributed by atoms with van der Waals surface area (Å²) in [6.45, 7) is 0.315. The second kappa shape index (κ2) is 5.42. The van der Waals surface area contributed by atoms with Gasteiger partial charge in [0.25, 0.3) is 0 Å². The van der Waals surface area contributed by atoms with Crippen molar-refractivity contribution in [3.05, 3.63) is 30.4 Å². The summed E-state index contributed by atoms with van der Waals surface area (Å²) < 4.78 is 10.1. The summed E-state index contributed by atoms with van der Waals surface area (Å²) >= 11 is 0. The Morgan fingerprint density at radius 2 is 2.00 bits per heavy atom. The number of aromatic nitrogens is 3. The van der Waals surface area contributed by atoms with Crippen LogP contribution in [0, 0.1) is 0 Å². The molecule has 0 saturated heterocycles. The number of rotatable bonds is 4. The monoisotopic (exact) mass is 246 g/mol. The number of hydrogen-bond donors (Lipinski definition) is 1. The van der Waals surface area contributed by atoms with E-state index in [1.54, 1.807) is 32.7 Å². The van der Waals surface area contributed by atoms with Crippen molar-refractivity contribution in [3.8, 4) is 17.0 Å². The topological polar surface area (TPSA) is 83.2 Å². The van der Waals surface area contributed by atoms with Crippen molar-refractivity contribution in [2.45, 2.75) is 6.61 Å². The smallest absolute Gasteiger partial charge is 0.157 e. The van der Waals surface area contributed by atoms with Gasteiger partial charge in [-0.25, -0.2) is 9.97 Å². The van der Waals surface area contributed by atoms with Gasteiger partial charge < -0.3 is 15.2 Å². The number of nitrogens with two attached hydrogens (primary N) is 1. The minimum absolute atomic E-state index is 0.315. The van der Waals surface area contributed by atoms with E-state index in [-0.39, 0.29) is 0 Å². The molecule has 94 valence electrons. The van der Waals surface area contributed by atoms with Crippen LogP contribution in [-0.2, 0) is 11.3 Å². The molecule has 0 aliphatic heterocycles. The second-order valence-corrected chi connectivity index (χ2v) is 3.64. The van der Waals surface area contributed by atoms with Crippen molar-refractivity contribution >= 4 is 5.82 Å². The van der Waals surface area contributed by atoms with Crippen LogP contribution in [-0.4, -0.2) is 29.2 Å². The molecule has 0 atom stereocenters. The van der Waals surface area contributed by atoms with Crippen LogP contribution in [0.2, 0.25) is 0 Å². The van der Waals surface area contributed by atoms with E-state index >= 15 is 0 Å². The molecule has 0 aliphatic rings. The number of methoxy groups -OCH3 is 2. The highest BCUT2D eigenvalue weighted by molar-refractivity contribution is 5.62. The average Bonchev–Trinajstić information content (AvgIpc) is 2.38. The number of anilines is 1. The first-order chi connectivity index (χ1) is 8.72. The zero-order chi connectivity index (χ0) is 13.0. The van der Waals surface area contributed by atoms with E-state index in [1.807, 2.05) is 6.07 Å². The Morgan fingerprint density at radius 1 is 1.17 bits per heavy atom. The van der Waals surface area contributed by atoms with Crippen LogP contribution in [0.1, 0.15) is 5.82 Å². The lowest BCUT2D eigenvalue weighted by atomic mass is 10.2. The van der Waals surface area contributed by atoms with Gasteiger partial charge in [0.05, 0.1) is 19.0 Å². The molecule has 0 bridgehead atoms. The van der Waals surface area contributed by atoms with Crippen LogP contribution in [0.3, 0.4) is 0 Å². The first-order valence-electron chi connectivity index (χ1n) is 5.34. The molecule has 2 heterocycles. The molecular formula is C12H14N4O2. The molecule has 6 nitrogen and oxygen atoms in total. The molecule has 0 fully saturated rings. The van der Waals surface area contributed by atoms with Gasteiger partial charge in [-0.1, -0.05) is 0 Å². The van der Waals surface area contributed by atoms with Gasteiger partial charge in [-0.2, -0.15) is 0 Å². The minimum Gasteiger partial charge on any atom is -0.495 e. The van der Waals surface area contributed by atoms with Crippen LogP contribution in [0.15, 0.2) is 24.5 Å². The lowest BCUT2D eigenvalue weighted by Crippen LogP contribution is -2.02. The third-order valence-electron chi connectivity index (χ3n) is 2.31. The molecule has 18 heavy (non-hydrogen) atoms. The fourth-order valence-electron chi connectivity index (χ4n) is 1.53. The van der Waals surface area contributed by atoms with E-state index in [4.69, 9.17) is 15.2 Å². The van der Waals surface area contributed by atoms with Gasteiger partial charge in [0, 0.05) is 24.9 Å². The summed E-state index contributed by atoms with van der Waals surface area (Å²) in [4.78, 5) is 12.5. The molecule has 2 aromatic heterocycles. The maximum atomic E-state index is 5.74. The second-order valence-electron chi connectivity index (χ2n) is 3.64. The number of hydrogen-bond acceptors (Lipinski definition) is 6. The van der Waals surface area contributed by atoms with E-state index in [2.05, 4.69) is 15.0 Å². The van der Waals surface area contributed by atoms with Crippen LogP contribution in [0.5, 0.6) is 5.75 Å².